The zero-order chi connectivity index (χ0) is 31.8. The Kier molecular flexibility index (Phi) is 9.03. The van der Waals surface area contributed by atoms with Crippen LogP contribution in [0.4, 0.5) is 9.59 Å². The van der Waals surface area contributed by atoms with Crippen molar-refractivity contribution in [3.8, 4) is 0 Å². The van der Waals surface area contributed by atoms with Gasteiger partial charge in [-0.25, -0.2) is 9.59 Å². The zero-order valence-electron chi connectivity index (χ0n) is 27.4. The van der Waals surface area contributed by atoms with Crippen molar-refractivity contribution in [3.05, 3.63) is 47.0 Å². The van der Waals surface area contributed by atoms with E-state index in [9.17, 15) is 14.4 Å². The Morgan fingerprint density at radius 1 is 0.860 bits per heavy atom. The molecule has 0 spiro atoms. The number of ether oxygens (including phenoxy) is 4. The van der Waals surface area contributed by atoms with E-state index in [0.29, 0.717) is 17.9 Å². The van der Waals surface area contributed by atoms with Crippen molar-refractivity contribution in [2.75, 3.05) is 13.2 Å². The van der Waals surface area contributed by atoms with E-state index in [-0.39, 0.29) is 52.3 Å². The highest BCUT2D eigenvalue weighted by atomic mass is 16.7. The summed E-state index contributed by atoms with van der Waals surface area (Å²) >= 11 is 0. The number of primary amides is 1. The molecule has 2 N–H and O–H groups in total. The van der Waals surface area contributed by atoms with Gasteiger partial charge in [-0.1, -0.05) is 58.4 Å². The summed E-state index contributed by atoms with van der Waals surface area (Å²) in [6, 6.07) is 0. The number of fused-ring (bicyclic) bond motifs is 5. The number of hydrogen-bond acceptors (Lipinski definition) is 7. The molecule has 0 aromatic rings. The molecule has 6 atom stereocenters. The first kappa shape index (κ1) is 32.9. The Hall–Kier alpha value is -3.03. The molecule has 8 nitrogen and oxygen atoms in total. The highest BCUT2D eigenvalue weighted by Crippen LogP contribution is 2.74. The molecule has 1 amide bonds. The largest absolute Gasteiger partial charge is 0.513 e. The van der Waals surface area contributed by atoms with Crippen LogP contribution in [-0.2, 0) is 23.7 Å². The van der Waals surface area contributed by atoms with Crippen LogP contribution in [0, 0.1) is 33.0 Å². The van der Waals surface area contributed by atoms with Crippen molar-refractivity contribution in [2.24, 2.45) is 38.7 Å². The van der Waals surface area contributed by atoms with Gasteiger partial charge in [0, 0.05) is 10.8 Å². The summed E-state index contributed by atoms with van der Waals surface area (Å²) in [6.07, 6.45) is 13.7. The van der Waals surface area contributed by atoms with Gasteiger partial charge in [-0.05, 0) is 106 Å². The van der Waals surface area contributed by atoms with Crippen LogP contribution in [0.2, 0.25) is 0 Å². The van der Waals surface area contributed by atoms with Gasteiger partial charge in [-0.3, -0.25) is 4.79 Å². The van der Waals surface area contributed by atoms with Gasteiger partial charge in [-0.2, -0.15) is 0 Å². The molecule has 0 unspecified atom stereocenters. The van der Waals surface area contributed by atoms with E-state index in [2.05, 4.69) is 46.8 Å². The predicted octanol–water partition coefficient (Wildman–Crippen LogP) is 8.28. The minimum Gasteiger partial charge on any atom is -0.434 e. The lowest BCUT2D eigenvalue weighted by Gasteiger charge is -2.69. The molecule has 3 fully saturated rings. The fourth-order valence-electron chi connectivity index (χ4n) is 8.72. The van der Waals surface area contributed by atoms with Gasteiger partial charge in [0.05, 0.1) is 13.2 Å². The molecule has 3 saturated carbocycles. The number of rotatable bonds is 5. The van der Waals surface area contributed by atoms with Gasteiger partial charge in [0.25, 0.3) is 0 Å². The number of allylic oxidation sites excluding steroid dienone is 6. The number of amides is 1. The number of carbonyl (C=O) groups excluding carboxylic acids is 3. The monoisotopic (exact) mass is 597 g/mol. The van der Waals surface area contributed by atoms with Crippen molar-refractivity contribution in [1.29, 1.82) is 0 Å². The molecule has 0 bridgehead atoms. The first-order chi connectivity index (χ1) is 20.1. The molecular weight excluding hydrogens is 546 g/mol. The number of hydrogen-bond donors (Lipinski definition) is 1. The molecule has 0 heterocycles. The van der Waals surface area contributed by atoms with E-state index in [0.717, 1.165) is 44.9 Å². The number of nitrogens with two attached hydrogens (primary N) is 1. The van der Waals surface area contributed by atoms with Crippen LogP contribution in [0.3, 0.4) is 0 Å². The fraction of sp³-hybridized carbons (Fsp3) is 0.686. The molecule has 0 saturated heterocycles. The Bertz CT molecular complexity index is 1280. The van der Waals surface area contributed by atoms with Gasteiger partial charge in [0.15, 0.2) is 11.5 Å². The minimum absolute atomic E-state index is 0.0303. The molecule has 0 aromatic carbocycles. The normalized spacial score (nSPS) is 39.9. The minimum atomic E-state index is -0.873. The van der Waals surface area contributed by atoms with Crippen LogP contribution in [0.15, 0.2) is 47.0 Å². The molecule has 0 aromatic heterocycles. The quantitative estimate of drug-likeness (QED) is 0.250. The van der Waals surface area contributed by atoms with E-state index in [1.54, 1.807) is 19.9 Å². The summed E-state index contributed by atoms with van der Waals surface area (Å²) in [4.78, 5) is 37.5. The van der Waals surface area contributed by atoms with Crippen molar-refractivity contribution in [3.63, 3.8) is 0 Å². The summed E-state index contributed by atoms with van der Waals surface area (Å²) in [5.41, 5.74) is 7.18. The maximum atomic E-state index is 12.6. The molecular formula is C35H51NO7. The first-order valence-corrected chi connectivity index (χ1v) is 15.9. The van der Waals surface area contributed by atoms with Crippen molar-refractivity contribution in [1.82, 2.24) is 0 Å². The second-order valence-electron chi connectivity index (χ2n) is 14.3. The Labute approximate surface area is 257 Å². The third-order valence-electron chi connectivity index (χ3n) is 11.8. The van der Waals surface area contributed by atoms with Crippen LogP contribution in [0.25, 0.3) is 0 Å². The third kappa shape index (κ3) is 5.78. The van der Waals surface area contributed by atoms with E-state index < -0.39 is 17.7 Å². The summed E-state index contributed by atoms with van der Waals surface area (Å²) in [7, 11) is 0. The zero-order valence-corrected chi connectivity index (χ0v) is 27.4. The van der Waals surface area contributed by atoms with Gasteiger partial charge < -0.3 is 24.7 Å². The molecule has 4 rings (SSSR count). The van der Waals surface area contributed by atoms with Gasteiger partial charge in [-0.15, -0.1) is 0 Å². The maximum absolute atomic E-state index is 12.6. The lowest BCUT2D eigenvalue weighted by atomic mass is 9.35. The van der Waals surface area contributed by atoms with Crippen LogP contribution in [-0.4, -0.2) is 31.4 Å². The van der Waals surface area contributed by atoms with Crippen LogP contribution in [0.5, 0.6) is 0 Å². The average Bonchev–Trinajstić information content (AvgIpc) is 2.94. The summed E-state index contributed by atoms with van der Waals surface area (Å²) in [5.74, 6) is 0.395. The second kappa shape index (κ2) is 11.8. The summed E-state index contributed by atoms with van der Waals surface area (Å²) < 4.78 is 21.3. The SMILES string of the molecule is CCOC(=O)OC1=C(OC(=O)OCC)/C(C)=C/C/C=C2\[C@](C)(C=C1)CC[C@@]1(C)[C@@H]3C[C@](C)(C(N)=O)CC[C@]3(C)CC[C@]21C. The molecule has 238 valence electrons. The lowest BCUT2D eigenvalue weighted by molar-refractivity contribution is -0.167. The van der Waals surface area contributed by atoms with Crippen LogP contribution >= 0.6 is 0 Å². The molecule has 4 aliphatic rings. The third-order valence-corrected chi connectivity index (χ3v) is 11.8. The molecule has 0 radical (unpaired) electrons. The molecule has 43 heavy (non-hydrogen) atoms. The van der Waals surface area contributed by atoms with Crippen LogP contribution in [0.1, 0.15) is 107 Å². The highest BCUT2D eigenvalue weighted by molar-refractivity contribution is 5.80. The fourth-order valence-corrected chi connectivity index (χ4v) is 8.72. The summed E-state index contributed by atoms with van der Waals surface area (Å²) in [5, 5.41) is 0. The smallest absolute Gasteiger partial charge is 0.434 e. The van der Waals surface area contributed by atoms with E-state index in [1.165, 1.54) is 5.57 Å². The molecule has 8 heteroatoms. The number of carbonyl (C=O) groups is 3. The Balaban J connectivity index is 1.79. The Morgan fingerprint density at radius 3 is 2.12 bits per heavy atom. The molecule has 4 aliphatic carbocycles. The van der Waals surface area contributed by atoms with E-state index in [4.69, 9.17) is 24.7 Å². The van der Waals surface area contributed by atoms with E-state index >= 15 is 0 Å². The second-order valence-corrected chi connectivity index (χ2v) is 14.3. The van der Waals surface area contributed by atoms with Gasteiger partial charge in [0.2, 0.25) is 5.91 Å². The van der Waals surface area contributed by atoms with Crippen molar-refractivity contribution >= 4 is 18.2 Å². The van der Waals surface area contributed by atoms with Crippen LogP contribution < -0.4 is 5.73 Å². The molecule has 0 aliphatic heterocycles. The van der Waals surface area contributed by atoms with Gasteiger partial charge >= 0.3 is 12.3 Å². The highest BCUT2D eigenvalue weighted by Gasteiger charge is 2.66. The van der Waals surface area contributed by atoms with Crippen molar-refractivity contribution in [2.45, 2.75) is 107 Å². The average molecular weight is 598 g/mol. The maximum Gasteiger partial charge on any atom is 0.513 e. The Morgan fingerprint density at radius 2 is 1.49 bits per heavy atom. The van der Waals surface area contributed by atoms with Crippen molar-refractivity contribution < 1.29 is 33.3 Å². The van der Waals surface area contributed by atoms with Gasteiger partial charge in [0.1, 0.15) is 0 Å². The topological polar surface area (TPSA) is 114 Å². The first-order valence-electron chi connectivity index (χ1n) is 15.9. The predicted molar refractivity (Wildman–Crippen MR) is 164 cm³/mol. The lowest BCUT2D eigenvalue weighted by Crippen LogP contribution is -2.61. The standard InChI is InChI=1S/C35H51NO7/c1-9-40-29(38)42-24-14-15-31(4)18-21-35(8)26-22-33(6,28(36)37)17-16-32(26,5)19-20-34(35,7)25(31)13-11-12-23(3)27(24)43-30(39)41-10-2/h12-15,26H,9-11,16-22H2,1-8H3,(H2,36,37)/b15-14?,23-12+,25-13+,27-24?/t26-,31-,32-,33-,34-,35+/m1/s1. The van der Waals surface area contributed by atoms with E-state index in [1.807, 2.05) is 13.0 Å². The summed E-state index contributed by atoms with van der Waals surface area (Å²) in [6.45, 7) is 17.1.